The van der Waals surface area contributed by atoms with Crippen LogP contribution in [0.1, 0.15) is 23.2 Å². The third-order valence-corrected chi connectivity index (χ3v) is 4.73. The molecule has 27 heavy (non-hydrogen) atoms. The van der Waals surface area contributed by atoms with E-state index in [0.717, 1.165) is 25.9 Å². The van der Waals surface area contributed by atoms with E-state index in [2.05, 4.69) is 5.32 Å². The van der Waals surface area contributed by atoms with Gasteiger partial charge in [-0.2, -0.15) is 0 Å². The smallest absolute Gasteiger partial charge is 0.337 e. The number of ether oxygens (including phenoxy) is 1. The van der Waals surface area contributed by atoms with Crippen molar-refractivity contribution in [3.8, 4) is 0 Å². The molecular weight excluding hydrogens is 350 g/mol. The minimum Gasteiger partial charge on any atom is -0.466 e. The fourth-order valence-corrected chi connectivity index (χ4v) is 3.33. The van der Waals surface area contributed by atoms with Crippen LogP contribution in [0.2, 0.25) is 0 Å². The minimum atomic E-state index is -0.601. The molecule has 0 aliphatic carbocycles. The topological polar surface area (TPSA) is 99.2 Å². The summed E-state index contributed by atoms with van der Waals surface area (Å²) in [5, 5.41) is 12.1. The number of amides is 2. The standard InChI is InChI=1S/C19H23N3O5/c1-27-19(26)15-12-22(9-10-23)18(25)16(15)20-14-6-4-5-13(11-14)17(24)21-7-2-3-8-21/h4-6,11,20,23H,2-3,7-10,12H2,1H3. The summed E-state index contributed by atoms with van der Waals surface area (Å²) in [7, 11) is 1.25. The molecule has 1 aromatic rings. The number of aliphatic hydroxyl groups is 1. The van der Waals surface area contributed by atoms with E-state index in [1.54, 1.807) is 24.3 Å². The van der Waals surface area contributed by atoms with E-state index in [4.69, 9.17) is 9.84 Å². The van der Waals surface area contributed by atoms with Crippen molar-refractivity contribution in [2.24, 2.45) is 0 Å². The third kappa shape index (κ3) is 3.95. The monoisotopic (exact) mass is 373 g/mol. The molecule has 8 nitrogen and oxygen atoms in total. The second-order valence-electron chi connectivity index (χ2n) is 6.50. The first-order chi connectivity index (χ1) is 13.0. The molecule has 0 bridgehead atoms. The van der Waals surface area contributed by atoms with Crippen molar-refractivity contribution in [2.45, 2.75) is 12.8 Å². The largest absolute Gasteiger partial charge is 0.466 e. The van der Waals surface area contributed by atoms with E-state index in [-0.39, 0.29) is 42.8 Å². The number of β-amino-alcohol motifs (C(OH)–C–C–N with tert-alkyl or cyclic N) is 1. The lowest BCUT2D eigenvalue weighted by molar-refractivity contribution is -0.136. The molecule has 1 aromatic carbocycles. The Balaban J connectivity index is 1.83. The van der Waals surface area contributed by atoms with Crippen molar-refractivity contribution in [1.29, 1.82) is 0 Å². The van der Waals surface area contributed by atoms with Crippen molar-refractivity contribution >= 4 is 23.5 Å². The van der Waals surface area contributed by atoms with E-state index in [9.17, 15) is 14.4 Å². The Morgan fingerprint density at radius 3 is 2.67 bits per heavy atom. The average molecular weight is 373 g/mol. The summed E-state index contributed by atoms with van der Waals surface area (Å²) >= 11 is 0. The number of carbonyl (C=O) groups is 3. The SMILES string of the molecule is COC(=O)C1=C(Nc2cccc(C(=O)N3CCCC3)c2)C(=O)N(CCO)C1. The molecule has 2 aliphatic heterocycles. The third-order valence-electron chi connectivity index (χ3n) is 4.73. The van der Waals surface area contributed by atoms with Crippen LogP contribution in [0.5, 0.6) is 0 Å². The van der Waals surface area contributed by atoms with Crippen molar-refractivity contribution < 1.29 is 24.2 Å². The lowest BCUT2D eigenvalue weighted by atomic mass is 10.1. The first-order valence-corrected chi connectivity index (χ1v) is 8.93. The molecule has 0 unspecified atom stereocenters. The van der Waals surface area contributed by atoms with Crippen LogP contribution in [0.3, 0.4) is 0 Å². The van der Waals surface area contributed by atoms with Crippen molar-refractivity contribution in [1.82, 2.24) is 9.80 Å². The van der Waals surface area contributed by atoms with Gasteiger partial charge in [-0.3, -0.25) is 9.59 Å². The Morgan fingerprint density at radius 1 is 1.26 bits per heavy atom. The zero-order chi connectivity index (χ0) is 19.4. The molecule has 2 aliphatic rings. The average Bonchev–Trinajstić information content (AvgIpc) is 3.32. The normalized spacial score (nSPS) is 16.9. The van der Waals surface area contributed by atoms with Gasteiger partial charge in [-0.05, 0) is 31.0 Å². The highest BCUT2D eigenvalue weighted by atomic mass is 16.5. The highest BCUT2D eigenvalue weighted by molar-refractivity contribution is 6.08. The van der Waals surface area contributed by atoms with Gasteiger partial charge in [-0.25, -0.2) is 4.79 Å². The zero-order valence-corrected chi connectivity index (χ0v) is 15.2. The summed E-state index contributed by atoms with van der Waals surface area (Å²) in [6.07, 6.45) is 2.02. The van der Waals surface area contributed by atoms with Crippen LogP contribution in [0, 0.1) is 0 Å². The molecule has 1 fully saturated rings. The van der Waals surface area contributed by atoms with Crippen LogP contribution in [-0.4, -0.2) is 72.6 Å². The predicted octanol–water partition coefficient (Wildman–Crippen LogP) is 0.596. The van der Waals surface area contributed by atoms with Crippen molar-refractivity contribution in [3.63, 3.8) is 0 Å². The summed E-state index contributed by atoms with van der Waals surface area (Å²) in [6, 6.07) is 6.86. The Hall–Kier alpha value is -2.87. The molecule has 0 atom stereocenters. The van der Waals surface area contributed by atoms with E-state index >= 15 is 0 Å². The number of nitrogens with one attached hydrogen (secondary N) is 1. The van der Waals surface area contributed by atoms with Gasteiger partial charge in [0.25, 0.3) is 11.8 Å². The molecule has 2 amide bonds. The highest BCUT2D eigenvalue weighted by Gasteiger charge is 2.34. The number of benzene rings is 1. The maximum Gasteiger partial charge on any atom is 0.337 e. The maximum absolute atomic E-state index is 12.6. The second kappa shape index (κ2) is 8.22. The van der Waals surface area contributed by atoms with Gasteiger partial charge in [0.05, 0.1) is 25.8 Å². The lowest BCUT2D eigenvalue weighted by Crippen LogP contribution is -2.31. The van der Waals surface area contributed by atoms with Crippen molar-refractivity contribution in [3.05, 3.63) is 41.1 Å². The first-order valence-electron chi connectivity index (χ1n) is 8.93. The number of likely N-dealkylation sites (tertiary alicyclic amines) is 1. The van der Waals surface area contributed by atoms with Crippen LogP contribution < -0.4 is 5.32 Å². The van der Waals surface area contributed by atoms with E-state index < -0.39 is 5.97 Å². The van der Waals surface area contributed by atoms with Gasteiger partial charge in [-0.1, -0.05) is 6.07 Å². The number of aliphatic hydroxyl groups excluding tert-OH is 1. The molecule has 8 heteroatoms. The van der Waals surface area contributed by atoms with Crippen molar-refractivity contribution in [2.75, 3.05) is 45.2 Å². The zero-order valence-electron chi connectivity index (χ0n) is 15.2. The molecule has 2 N–H and O–H groups in total. The molecule has 144 valence electrons. The Labute approximate surface area is 157 Å². The number of nitrogens with zero attached hydrogens (tertiary/aromatic N) is 2. The Morgan fingerprint density at radius 2 is 2.00 bits per heavy atom. The van der Waals surface area contributed by atoms with Crippen LogP contribution in [0.25, 0.3) is 0 Å². The van der Waals surface area contributed by atoms with Crippen LogP contribution in [0.4, 0.5) is 5.69 Å². The van der Waals surface area contributed by atoms with Crippen LogP contribution in [0.15, 0.2) is 35.5 Å². The van der Waals surface area contributed by atoms with Gasteiger partial charge in [0, 0.05) is 30.9 Å². The number of methoxy groups -OCH3 is 1. The van der Waals surface area contributed by atoms with E-state index in [1.165, 1.54) is 12.0 Å². The molecule has 0 aromatic heterocycles. The summed E-state index contributed by atoms with van der Waals surface area (Å²) in [5.74, 6) is -1.03. The van der Waals surface area contributed by atoms with E-state index in [1.807, 2.05) is 4.90 Å². The fourth-order valence-electron chi connectivity index (χ4n) is 3.33. The molecule has 2 heterocycles. The van der Waals surface area contributed by atoms with E-state index in [0.29, 0.717) is 11.3 Å². The molecule has 3 rings (SSSR count). The predicted molar refractivity (Wildman–Crippen MR) is 97.9 cm³/mol. The van der Waals surface area contributed by atoms with Gasteiger partial charge in [0.2, 0.25) is 0 Å². The summed E-state index contributed by atoms with van der Waals surface area (Å²) < 4.78 is 4.77. The van der Waals surface area contributed by atoms with Gasteiger partial charge < -0.3 is 25.0 Å². The van der Waals surface area contributed by atoms with Gasteiger partial charge >= 0.3 is 5.97 Å². The number of rotatable bonds is 6. The molecule has 0 radical (unpaired) electrons. The number of carbonyl (C=O) groups excluding carboxylic acids is 3. The second-order valence-corrected chi connectivity index (χ2v) is 6.50. The number of esters is 1. The summed E-state index contributed by atoms with van der Waals surface area (Å²) in [4.78, 5) is 40.3. The number of hydrogen-bond acceptors (Lipinski definition) is 6. The first kappa shape index (κ1) is 18.9. The Bertz CT molecular complexity index is 783. The highest BCUT2D eigenvalue weighted by Crippen LogP contribution is 2.24. The summed E-state index contributed by atoms with van der Waals surface area (Å²) in [5.41, 5.74) is 1.38. The quantitative estimate of drug-likeness (QED) is 0.709. The maximum atomic E-state index is 12.6. The molecule has 0 saturated carbocycles. The van der Waals surface area contributed by atoms with Gasteiger partial charge in [-0.15, -0.1) is 0 Å². The fraction of sp³-hybridized carbons (Fsp3) is 0.421. The van der Waals surface area contributed by atoms with Gasteiger partial charge in [0.1, 0.15) is 5.70 Å². The minimum absolute atomic E-state index is 0.0435. The molecule has 1 saturated heterocycles. The lowest BCUT2D eigenvalue weighted by Gasteiger charge is -2.17. The molecular formula is C19H23N3O5. The Kier molecular flexibility index (Phi) is 5.75. The van der Waals surface area contributed by atoms with Crippen LogP contribution in [-0.2, 0) is 14.3 Å². The number of hydrogen-bond donors (Lipinski definition) is 2. The van der Waals surface area contributed by atoms with Crippen LogP contribution >= 0.6 is 0 Å². The van der Waals surface area contributed by atoms with Gasteiger partial charge in [0.15, 0.2) is 0 Å². The molecule has 0 spiro atoms. The number of anilines is 1. The summed E-state index contributed by atoms with van der Waals surface area (Å²) in [6.45, 7) is 1.50.